The van der Waals surface area contributed by atoms with Crippen LogP contribution in [-0.4, -0.2) is 4.98 Å². The lowest BCUT2D eigenvalue weighted by Gasteiger charge is -2.10. The van der Waals surface area contributed by atoms with Crippen LogP contribution in [0.2, 0.25) is 0 Å². The van der Waals surface area contributed by atoms with Gasteiger partial charge in [0.25, 0.3) is 0 Å². The van der Waals surface area contributed by atoms with Gasteiger partial charge < -0.3 is 5.32 Å². The predicted molar refractivity (Wildman–Crippen MR) is 75.1 cm³/mol. The molecule has 2 aromatic rings. The number of rotatable bonds is 3. The van der Waals surface area contributed by atoms with Gasteiger partial charge in [0.1, 0.15) is 5.82 Å². The molecule has 0 aliphatic carbocycles. The van der Waals surface area contributed by atoms with Gasteiger partial charge in [-0.15, -0.1) is 0 Å². The molecule has 0 atom stereocenters. The Morgan fingerprint density at radius 2 is 2.00 bits per heavy atom. The van der Waals surface area contributed by atoms with Crippen LogP contribution in [0.1, 0.15) is 17.0 Å². The van der Waals surface area contributed by atoms with E-state index in [1.54, 1.807) is 12.1 Å². The Hall–Kier alpha value is -1.42. The van der Waals surface area contributed by atoms with Crippen molar-refractivity contribution in [3.63, 3.8) is 0 Å². The minimum atomic E-state index is -0.205. The van der Waals surface area contributed by atoms with Gasteiger partial charge in [0.05, 0.1) is 11.4 Å². The van der Waals surface area contributed by atoms with Gasteiger partial charge in [-0.1, -0.05) is 15.9 Å². The maximum atomic E-state index is 13.6. The van der Waals surface area contributed by atoms with Crippen molar-refractivity contribution in [3.05, 3.63) is 57.6 Å². The number of aromatic nitrogens is 1. The number of aryl methyl sites for hydroxylation is 2. The van der Waals surface area contributed by atoms with Crippen molar-refractivity contribution in [2.75, 3.05) is 5.32 Å². The van der Waals surface area contributed by atoms with E-state index in [9.17, 15) is 4.39 Å². The lowest BCUT2D eigenvalue weighted by atomic mass is 10.2. The summed E-state index contributed by atoms with van der Waals surface area (Å²) in [4.78, 5) is 4.36. The van der Waals surface area contributed by atoms with Gasteiger partial charge in [-0.25, -0.2) is 4.39 Å². The summed E-state index contributed by atoms with van der Waals surface area (Å²) in [6.45, 7) is 4.33. The zero-order valence-corrected chi connectivity index (χ0v) is 11.9. The van der Waals surface area contributed by atoms with Gasteiger partial charge in [-0.2, -0.15) is 0 Å². The van der Waals surface area contributed by atoms with Crippen molar-refractivity contribution in [1.29, 1.82) is 0 Å². The maximum Gasteiger partial charge on any atom is 0.128 e. The van der Waals surface area contributed by atoms with Crippen LogP contribution >= 0.6 is 15.9 Å². The number of halogens is 2. The highest BCUT2D eigenvalue weighted by molar-refractivity contribution is 9.10. The molecule has 0 saturated carbocycles. The van der Waals surface area contributed by atoms with Gasteiger partial charge in [-0.05, 0) is 44.2 Å². The summed E-state index contributed by atoms with van der Waals surface area (Å²) in [7, 11) is 0. The quantitative estimate of drug-likeness (QED) is 0.918. The Kier molecular flexibility index (Phi) is 3.97. The first-order valence-corrected chi connectivity index (χ1v) is 6.47. The van der Waals surface area contributed by atoms with Gasteiger partial charge in [0.15, 0.2) is 0 Å². The van der Waals surface area contributed by atoms with E-state index in [2.05, 4.69) is 26.2 Å². The van der Waals surface area contributed by atoms with E-state index in [0.717, 1.165) is 21.5 Å². The molecule has 1 heterocycles. The lowest BCUT2D eigenvalue weighted by molar-refractivity contribution is 0.612. The second-order valence-electron chi connectivity index (χ2n) is 4.17. The summed E-state index contributed by atoms with van der Waals surface area (Å²) >= 11 is 3.34. The average Bonchev–Trinajstić information content (AvgIpc) is 2.32. The fourth-order valence-corrected chi connectivity index (χ4v) is 2.15. The van der Waals surface area contributed by atoms with E-state index in [0.29, 0.717) is 12.1 Å². The first kappa shape index (κ1) is 13.0. The summed E-state index contributed by atoms with van der Waals surface area (Å²) < 4.78 is 14.4. The third-order valence-electron chi connectivity index (χ3n) is 2.70. The molecule has 0 saturated heterocycles. The molecule has 1 aromatic carbocycles. The summed E-state index contributed by atoms with van der Waals surface area (Å²) in [5, 5.41) is 3.20. The monoisotopic (exact) mass is 308 g/mol. The molecule has 1 aromatic heterocycles. The molecular weight excluding hydrogens is 295 g/mol. The number of anilines is 1. The van der Waals surface area contributed by atoms with Crippen LogP contribution in [-0.2, 0) is 6.54 Å². The van der Waals surface area contributed by atoms with Crippen molar-refractivity contribution in [3.8, 4) is 0 Å². The SMILES string of the molecule is Cc1ccc(NCc2cc(Br)ccc2F)c(C)n1. The molecule has 18 heavy (non-hydrogen) atoms. The normalized spacial score (nSPS) is 10.4. The van der Waals surface area contributed by atoms with Crippen molar-refractivity contribution < 1.29 is 4.39 Å². The fraction of sp³-hybridized carbons (Fsp3) is 0.214. The number of nitrogens with zero attached hydrogens (tertiary/aromatic N) is 1. The Morgan fingerprint density at radius 1 is 1.22 bits per heavy atom. The largest absolute Gasteiger partial charge is 0.379 e. The Balaban J connectivity index is 2.13. The maximum absolute atomic E-state index is 13.6. The van der Waals surface area contributed by atoms with Crippen molar-refractivity contribution in [2.45, 2.75) is 20.4 Å². The summed E-state index contributed by atoms with van der Waals surface area (Å²) in [6, 6.07) is 8.83. The third kappa shape index (κ3) is 3.07. The van der Waals surface area contributed by atoms with Crippen molar-refractivity contribution in [2.24, 2.45) is 0 Å². The van der Waals surface area contributed by atoms with E-state index in [1.165, 1.54) is 6.07 Å². The average molecular weight is 309 g/mol. The number of benzene rings is 1. The van der Waals surface area contributed by atoms with Crippen LogP contribution in [0.15, 0.2) is 34.8 Å². The van der Waals surface area contributed by atoms with Crippen LogP contribution in [0, 0.1) is 19.7 Å². The molecule has 1 N–H and O–H groups in total. The molecule has 0 unspecified atom stereocenters. The number of hydrogen-bond acceptors (Lipinski definition) is 2. The van der Waals surface area contributed by atoms with E-state index < -0.39 is 0 Å². The van der Waals surface area contributed by atoms with Crippen molar-refractivity contribution >= 4 is 21.6 Å². The molecule has 0 amide bonds. The van der Waals surface area contributed by atoms with Gasteiger partial charge in [-0.3, -0.25) is 4.98 Å². The molecule has 0 aliphatic heterocycles. The molecule has 0 aliphatic rings. The lowest BCUT2D eigenvalue weighted by Crippen LogP contribution is -2.04. The minimum Gasteiger partial charge on any atom is -0.379 e. The summed E-state index contributed by atoms with van der Waals surface area (Å²) in [5.74, 6) is -0.205. The molecule has 94 valence electrons. The Labute approximate surface area is 114 Å². The second kappa shape index (κ2) is 5.48. The van der Waals surface area contributed by atoms with Gasteiger partial charge in [0.2, 0.25) is 0 Å². The number of hydrogen-bond donors (Lipinski definition) is 1. The molecule has 0 radical (unpaired) electrons. The van der Waals surface area contributed by atoms with E-state index in [-0.39, 0.29) is 5.82 Å². The fourth-order valence-electron chi connectivity index (χ4n) is 1.74. The van der Waals surface area contributed by atoms with E-state index in [4.69, 9.17) is 0 Å². The summed E-state index contributed by atoms with van der Waals surface area (Å²) in [6.07, 6.45) is 0. The first-order chi connectivity index (χ1) is 8.56. The molecule has 4 heteroatoms. The van der Waals surface area contributed by atoms with Crippen LogP contribution in [0.4, 0.5) is 10.1 Å². The highest BCUT2D eigenvalue weighted by Crippen LogP contribution is 2.18. The van der Waals surface area contributed by atoms with E-state index >= 15 is 0 Å². The van der Waals surface area contributed by atoms with Gasteiger partial charge in [0, 0.05) is 22.3 Å². The molecule has 0 spiro atoms. The third-order valence-corrected chi connectivity index (χ3v) is 3.20. The number of nitrogens with one attached hydrogen (secondary N) is 1. The molecule has 0 bridgehead atoms. The first-order valence-electron chi connectivity index (χ1n) is 5.68. The van der Waals surface area contributed by atoms with E-state index in [1.807, 2.05) is 26.0 Å². The van der Waals surface area contributed by atoms with Crippen LogP contribution in [0.25, 0.3) is 0 Å². The summed E-state index contributed by atoms with van der Waals surface area (Å²) in [5.41, 5.74) is 3.46. The standard InChI is InChI=1S/C14H14BrFN2/c1-9-3-6-14(10(2)18-9)17-8-11-7-12(15)4-5-13(11)16/h3-7,17H,8H2,1-2H3. The predicted octanol–water partition coefficient (Wildman–Crippen LogP) is 4.21. The zero-order valence-electron chi connectivity index (χ0n) is 10.3. The van der Waals surface area contributed by atoms with Crippen LogP contribution in [0.3, 0.4) is 0 Å². The highest BCUT2D eigenvalue weighted by Gasteiger charge is 2.04. The Morgan fingerprint density at radius 3 is 2.72 bits per heavy atom. The second-order valence-corrected chi connectivity index (χ2v) is 5.09. The highest BCUT2D eigenvalue weighted by atomic mass is 79.9. The molecule has 2 nitrogen and oxygen atoms in total. The topological polar surface area (TPSA) is 24.9 Å². The van der Waals surface area contributed by atoms with Crippen LogP contribution < -0.4 is 5.32 Å². The zero-order chi connectivity index (χ0) is 13.1. The molecule has 0 fully saturated rings. The van der Waals surface area contributed by atoms with Crippen molar-refractivity contribution in [1.82, 2.24) is 4.98 Å². The Bertz CT molecular complexity index is 570. The number of pyridine rings is 1. The molecule has 2 rings (SSSR count). The smallest absolute Gasteiger partial charge is 0.128 e. The van der Waals surface area contributed by atoms with Crippen LogP contribution in [0.5, 0.6) is 0 Å². The van der Waals surface area contributed by atoms with Gasteiger partial charge >= 0.3 is 0 Å². The minimum absolute atomic E-state index is 0.205. The molecular formula is C14H14BrFN2.